The Kier molecular flexibility index (Phi) is 7.53. The molecule has 1 aromatic heterocycles. The number of methoxy groups -OCH3 is 1. The highest BCUT2D eigenvalue weighted by atomic mass is 35.5. The number of ether oxygens (including phenoxy) is 2. The number of benzene rings is 1. The van der Waals surface area contributed by atoms with Crippen LogP contribution >= 0.6 is 23.2 Å². The highest BCUT2D eigenvalue weighted by Gasteiger charge is 2.20. The van der Waals surface area contributed by atoms with Crippen LogP contribution in [0.2, 0.25) is 10.4 Å². The molecule has 2 aromatic rings. The molecule has 0 aliphatic carbocycles. The summed E-state index contributed by atoms with van der Waals surface area (Å²) in [6.07, 6.45) is 1.95. The van der Waals surface area contributed by atoms with E-state index in [9.17, 15) is 4.39 Å². The zero-order valence-electron chi connectivity index (χ0n) is 15.6. The van der Waals surface area contributed by atoms with Gasteiger partial charge in [0.15, 0.2) is 11.5 Å². The third-order valence-electron chi connectivity index (χ3n) is 4.58. The van der Waals surface area contributed by atoms with E-state index in [4.69, 9.17) is 32.7 Å². The second-order valence-corrected chi connectivity index (χ2v) is 7.29. The van der Waals surface area contributed by atoms with Crippen LogP contribution in [-0.2, 0) is 6.54 Å². The van der Waals surface area contributed by atoms with Crippen molar-refractivity contribution in [1.29, 1.82) is 0 Å². The van der Waals surface area contributed by atoms with Crippen LogP contribution < -0.4 is 14.8 Å². The standard InChI is InChI=1S/C19H23Cl2FN4O2/c1-27-15-3-2-13(10-16(15)28-9-6-22)12-26-7-4-14(5-8-26)23-18-11-17(20)24-19(21)25-18/h2-3,10-11,14H,4-9,12H2,1H3,(H,23,24,25). The van der Waals surface area contributed by atoms with Gasteiger partial charge in [-0.15, -0.1) is 0 Å². The number of rotatable bonds is 8. The minimum Gasteiger partial charge on any atom is -0.493 e. The predicted octanol–water partition coefficient (Wildman–Crippen LogP) is 4.22. The van der Waals surface area contributed by atoms with Gasteiger partial charge >= 0.3 is 0 Å². The Morgan fingerprint density at radius 2 is 1.96 bits per heavy atom. The van der Waals surface area contributed by atoms with Gasteiger partial charge in [-0.3, -0.25) is 4.90 Å². The van der Waals surface area contributed by atoms with Crippen molar-refractivity contribution in [2.24, 2.45) is 0 Å². The summed E-state index contributed by atoms with van der Waals surface area (Å²) in [5.74, 6) is 1.84. The monoisotopic (exact) mass is 428 g/mol. The van der Waals surface area contributed by atoms with Crippen LogP contribution in [0.3, 0.4) is 0 Å². The second kappa shape index (κ2) is 10.1. The van der Waals surface area contributed by atoms with Crippen molar-refractivity contribution in [1.82, 2.24) is 14.9 Å². The number of hydrogen-bond donors (Lipinski definition) is 1. The van der Waals surface area contributed by atoms with Crippen LogP contribution in [0.1, 0.15) is 18.4 Å². The topological polar surface area (TPSA) is 59.5 Å². The van der Waals surface area contributed by atoms with Crippen LogP contribution in [0.25, 0.3) is 0 Å². The normalized spacial score (nSPS) is 15.4. The molecule has 9 heteroatoms. The van der Waals surface area contributed by atoms with Crippen molar-refractivity contribution >= 4 is 29.0 Å². The summed E-state index contributed by atoms with van der Waals surface area (Å²) in [4.78, 5) is 10.4. The van der Waals surface area contributed by atoms with Gasteiger partial charge in [0, 0.05) is 31.7 Å². The van der Waals surface area contributed by atoms with Crippen molar-refractivity contribution in [2.75, 3.05) is 38.8 Å². The Hall–Kier alpha value is -1.83. The molecular weight excluding hydrogens is 406 g/mol. The Labute approximate surface area is 174 Å². The quantitative estimate of drug-likeness (QED) is 0.501. The fourth-order valence-corrected chi connectivity index (χ4v) is 3.66. The van der Waals surface area contributed by atoms with Crippen molar-refractivity contribution in [3.63, 3.8) is 0 Å². The van der Waals surface area contributed by atoms with Crippen molar-refractivity contribution in [3.8, 4) is 11.5 Å². The first-order valence-corrected chi connectivity index (χ1v) is 9.87. The summed E-state index contributed by atoms with van der Waals surface area (Å²) in [5, 5.41) is 3.84. The van der Waals surface area contributed by atoms with Gasteiger partial charge in [0.05, 0.1) is 7.11 Å². The lowest BCUT2D eigenvalue weighted by molar-refractivity contribution is 0.210. The summed E-state index contributed by atoms with van der Waals surface area (Å²) < 4.78 is 23.1. The number of alkyl halides is 1. The van der Waals surface area contributed by atoms with E-state index < -0.39 is 6.67 Å². The maximum atomic E-state index is 12.4. The number of nitrogens with one attached hydrogen (secondary N) is 1. The van der Waals surface area contributed by atoms with Crippen LogP contribution in [0.5, 0.6) is 11.5 Å². The first-order chi connectivity index (χ1) is 13.6. The Balaban J connectivity index is 1.54. The van der Waals surface area contributed by atoms with E-state index in [0.29, 0.717) is 28.5 Å². The zero-order chi connectivity index (χ0) is 19.9. The molecule has 0 saturated carbocycles. The SMILES string of the molecule is COc1ccc(CN2CCC(Nc3cc(Cl)nc(Cl)n3)CC2)cc1OCCF. The summed E-state index contributed by atoms with van der Waals surface area (Å²) >= 11 is 11.8. The molecule has 1 saturated heterocycles. The first kappa shape index (κ1) is 20.9. The lowest BCUT2D eigenvalue weighted by Crippen LogP contribution is -2.38. The largest absolute Gasteiger partial charge is 0.493 e. The fraction of sp³-hybridized carbons (Fsp3) is 0.474. The molecule has 0 radical (unpaired) electrons. The summed E-state index contributed by atoms with van der Waals surface area (Å²) in [6.45, 7) is 2.17. The Bertz CT molecular complexity index is 768. The van der Waals surface area contributed by atoms with E-state index >= 15 is 0 Å². The average molecular weight is 429 g/mol. The highest BCUT2D eigenvalue weighted by Crippen LogP contribution is 2.29. The first-order valence-electron chi connectivity index (χ1n) is 9.12. The highest BCUT2D eigenvalue weighted by molar-refractivity contribution is 6.32. The van der Waals surface area contributed by atoms with E-state index in [2.05, 4.69) is 20.2 Å². The molecule has 152 valence electrons. The molecule has 1 aliphatic rings. The van der Waals surface area contributed by atoms with Crippen LogP contribution in [0, 0.1) is 0 Å². The summed E-state index contributed by atoms with van der Waals surface area (Å²) in [5.41, 5.74) is 1.11. The average Bonchev–Trinajstić information content (AvgIpc) is 2.67. The Morgan fingerprint density at radius 1 is 1.18 bits per heavy atom. The summed E-state index contributed by atoms with van der Waals surface area (Å²) in [6, 6.07) is 7.77. The zero-order valence-corrected chi connectivity index (χ0v) is 17.1. The third kappa shape index (κ3) is 5.83. The van der Waals surface area contributed by atoms with Crippen molar-refractivity contribution < 1.29 is 13.9 Å². The molecule has 1 aromatic carbocycles. The molecule has 0 spiro atoms. The van der Waals surface area contributed by atoms with E-state index in [-0.39, 0.29) is 11.9 Å². The fourth-order valence-electron chi connectivity index (χ4n) is 3.25. The van der Waals surface area contributed by atoms with E-state index in [1.165, 1.54) is 0 Å². The van der Waals surface area contributed by atoms with Gasteiger partial charge in [-0.2, -0.15) is 0 Å². The number of piperidine rings is 1. The molecule has 0 bridgehead atoms. The maximum absolute atomic E-state index is 12.4. The van der Waals surface area contributed by atoms with Crippen LogP contribution in [-0.4, -0.2) is 54.4 Å². The molecule has 1 aliphatic heterocycles. The summed E-state index contributed by atoms with van der Waals surface area (Å²) in [7, 11) is 1.58. The molecule has 1 N–H and O–H groups in total. The molecule has 0 atom stereocenters. The van der Waals surface area contributed by atoms with Crippen molar-refractivity contribution in [3.05, 3.63) is 40.3 Å². The molecule has 0 unspecified atom stereocenters. The number of nitrogens with zero attached hydrogens (tertiary/aromatic N) is 3. The molecule has 28 heavy (non-hydrogen) atoms. The minimum atomic E-state index is -0.531. The molecular formula is C19H23Cl2FN4O2. The minimum absolute atomic E-state index is 0.0218. The molecule has 0 amide bonds. The number of halogens is 3. The third-order valence-corrected chi connectivity index (χ3v) is 4.94. The lowest BCUT2D eigenvalue weighted by atomic mass is 10.0. The Morgan fingerprint density at radius 3 is 2.64 bits per heavy atom. The molecule has 6 nitrogen and oxygen atoms in total. The maximum Gasteiger partial charge on any atom is 0.225 e. The van der Waals surface area contributed by atoms with E-state index in [1.807, 2.05) is 18.2 Å². The van der Waals surface area contributed by atoms with E-state index in [0.717, 1.165) is 38.0 Å². The number of anilines is 1. The van der Waals surface area contributed by atoms with Gasteiger partial charge in [0.2, 0.25) is 5.28 Å². The lowest BCUT2D eigenvalue weighted by Gasteiger charge is -2.32. The van der Waals surface area contributed by atoms with Gasteiger partial charge in [-0.05, 0) is 42.1 Å². The van der Waals surface area contributed by atoms with Gasteiger partial charge in [-0.1, -0.05) is 17.7 Å². The van der Waals surface area contributed by atoms with E-state index in [1.54, 1.807) is 13.2 Å². The van der Waals surface area contributed by atoms with Gasteiger partial charge in [-0.25, -0.2) is 14.4 Å². The molecule has 3 rings (SSSR count). The van der Waals surface area contributed by atoms with Crippen LogP contribution in [0.15, 0.2) is 24.3 Å². The smallest absolute Gasteiger partial charge is 0.225 e. The van der Waals surface area contributed by atoms with Crippen LogP contribution in [0.4, 0.5) is 10.2 Å². The molecule has 1 fully saturated rings. The van der Waals surface area contributed by atoms with Gasteiger partial charge in [0.25, 0.3) is 0 Å². The van der Waals surface area contributed by atoms with Gasteiger partial charge in [0.1, 0.15) is 24.3 Å². The molecule has 2 heterocycles. The van der Waals surface area contributed by atoms with Crippen molar-refractivity contribution in [2.45, 2.75) is 25.4 Å². The second-order valence-electron chi connectivity index (χ2n) is 6.56. The number of hydrogen-bond acceptors (Lipinski definition) is 6. The predicted molar refractivity (Wildman–Crippen MR) is 108 cm³/mol. The number of aromatic nitrogens is 2. The number of likely N-dealkylation sites (tertiary alicyclic amines) is 1. The van der Waals surface area contributed by atoms with Gasteiger partial charge < -0.3 is 14.8 Å².